The van der Waals surface area contributed by atoms with Crippen molar-refractivity contribution in [1.29, 1.82) is 0 Å². The Balaban J connectivity index is 1.97. The van der Waals surface area contributed by atoms with Gasteiger partial charge < -0.3 is 5.32 Å². The van der Waals surface area contributed by atoms with Gasteiger partial charge in [-0.2, -0.15) is 5.10 Å². The summed E-state index contributed by atoms with van der Waals surface area (Å²) in [7, 11) is 2.00. The Morgan fingerprint density at radius 3 is 2.61 bits per heavy atom. The Kier molecular flexibility index (Phi) is 5.24. The fourth-order valence-electron chi connectivity index (χ4n) is 3.21. The lowest BCUT2D eigenvalue weighted by Crippen LogP contribution is -2.37. The average molecular weight is 249 g/mol. The number of aryl methyl sites for hydroxylation is 1. The number of likely N-dealkylation sites (N-methyl/N-ethyl adjacent to an activating group) is 1. The van der Waals surface area contributed by atoms with Crippen molar-refractivity contribution in [3.05, 3.63) is 18.0 Å². The second-order valence-electron chi connectivity index (χ2n) is 5.64. The van der Waals surface area contributed by atoms with Crippen molar-refractivity contribution in [2.45, 2.75) is 57.9 Å². The summed E-state index contributed by atoms with van der Waals surface area (Å²) in [4.78, 5) is 0. The lowest BCUT2D eigenvalue weighted by Gasteiger charge is -2.26. The Morgan fingerprint density at radius 1 is 1.33 bits per heavy atom. The molecule has 0 amide bonds. The molecule has 0 saturated heterocycles. The van der Waals surface area contributed by atoms with Gasteiger partial charge in [-0.1, -0.05) is 32.6 Å². The van der Waals surface area contributed by atoms with Gasteiger partial charge in [0.25, 0.3) is 0 Å². The minimum absolute atomic E-state index is 0.636. The second-order valence-corrected chi connectivity index (χ2v) is 5.64. The van der Waals surface area contributed by atoms with Crippen LogP contribution in [0.5, 0.6) is 0 Å². The van der Waals surface area contributed by atoms with Crippen molar-refractivity contribution >= 4 is 0 Å². The predicted octanol–water partition coefficient (Wildman–Crippen LogP) is 2.91. The maximum Gasteiger partial charge on any atom is 0.0522 e. The lowest BCUT2D eigenvalue weighted by molar-refractivity contribution is 0.321. The highest BCUT2D eigenvalue weighted by atomic mass is 15.2. The summed E-state index contributed by atoms with van der Waals surface area (Å²) in [6.45, 7) is 3.29. The minimum atomic E-state index is 0.636. The van der Waals surface area contributed by atoms with Crippen LogP contribution in [0.1, 0.15) is 51.0 Å². The van der Waals surface area contributed by atoms with Crippen molar-refractivity contribution in [3.8, 4) is 0 Å². The summed E-state index contributed by atoms with van der Waals surface area (Å²) < 4.78 is 1.91. The highest BCUT2D eigenvalue weighted by Gasteiger charge is 2.22. The zero-order chi connectivity index (χ0) is 12.8. The largest absolute Gasteiger partial charge is 0.314 e. The Morgan fingerprint density at radius 2 is 2.06 bits per heavy atom. The molecule has 1 heterocycles. The first kappa shape index (κ1) is 13.6. The molecule has 0 aromatic carbocycles. The molecule has 1 saturated carbocycles. The first-order valence-electron chi connectivity index (χ1n) is 7.50. The number of aromatic nitrogens is 2. The summed E-state index contributed by atoms with van der Waals surface area (Å²) in [6, 6.07) is 0.636. The second kappa shape index (κ2) is 6.93. The fraction of sp³-hybridized carbons (Fsp3) is 0.800. The third kappa shape index (κ3) is 3.84. The Hall–Kier alpha value is -0.830. The molecule has 1 atom stereocenters. The van der Waals surface area contributed by atoms with Crippen molar-refractivity contribution in [3.63, 3.8) is 0 Å². The average Bonchev–Trinajstić information content (AvgIpc) is 2.63. The molecule has 3 nitrogen and oxygen atoms in total. The summed E-state index contributed by atoms with van der Waals surface area (Å²) in [6.07, 6.45) is 13.8. The Labute approximate surface area is 111 Å². The molecular weight excluding hydrogens is 222 g/mol. The molecule has 1 aliphatic carbocycles. The van der Waals surface area contributed by atoms with E-state index in [-0.39, 0.29) is 0 Å². The van der Waals surface area contributed by atoms with Crippen molar-refractivity contribution in [2.75, 3.05) is 6.54 Å². The monoisotopic (exact) mass is 249 g/mol. The Bertz CT molecular complexity index is 337. The van der Waals surface area contributed by atoms with Crippen LogP contribution >= 0.6 is 0 Å². The summed E-state index contributed by atoms with van der Waals surface area (Å²) >= 11 is 0. The molecule has 0 aliphatic heterocycles. The van der Waals surface area contributed by atoms with E-state index in [2.05, 4.69) is 23.5 Å². The number of nitrogens with one attached hydrogen (secondary N) is 1. The van der Waals surface area contributed by atoms with Gasteiger partial charge in [0.15, 0.2) is 0 Å². The third-order valence-electron chi connectivity index (χ3n) is 4.15. The van der Waals surface area contributed by atoms with Gasteiger partial charge in [-0.3, -0.25) is 4.68 Å². The molecular formula is C15H27N3. The predicted molar refractivity (Wildman–Crippen MR) is 75.6 cm³/mol. The molecule has 102 valence electrons. The minimum Gasteiger partial charge on any atom is -0.314 e. The van der Waals surface area contributed by atoms with Gasteiger partial charge in [-0.15, -0.1) is 0 Å². The van der Waals surface area contributed by atoms with Gasteiger partial charge in [-0.25, -0.2) is 0 Å². The maximum absolute atomic E-state index is 4.28. The number of rotatable bonds is 5. The standard InChI is InChI=1S/C15H27N3/c1-3-16-15(10-13-11-17-18(2)12-13)14-8-6-4-5-7-9-14/h11-12,14-16H,3-10H2,1-2H3. The van der Waals surface area contributed by atoms with E-state index in [9.17, 15) is 0 Å². The highest BCUT2D eigenvalue weighted by Crippen LogP contribution is 2.27. The zero-order valence-electron chi connectivity index (χ0n) is 11.9. The van der Waals surface area contributed by atoms with E-state index >= 15 is 0 Å². The molecule has 0 spiro atoms. The van der Waals surface area contributed by atoms with Crippen LogP contribution in [0.3, 0.4) is 0 Å². The maximum atomic E-state index is 4.28. The van der Waals surface area contributed by atoms with Crippen LogP contribution < -0.4 is 5.32 Å². The summed E-state index contributed by atoms with van der Waals surface area (Å²) in [5, 5.41) is 7.98. The van der Waals surface area contributed by atoms with Crippen LogP contribution in [0.25, 0.3) is 0 Å². The molecule has 3 heteroatoms. The molecule has 0 radical (unpaired) electrons. The van der Waals surface area contributed by atoms with Crippen LogP contribution in [0, 0.1) is 5.92 Å². The quantitative estimate of drug-likeness (QED) is 0.813. The van der Waals surface area contributed by atoms with Crippen LogP contribution in [-0.4, -0.2) is 22.4 Å². The first-order chi connectivity index (χ1) is 8.79. The molecule has 1 unspecified atom stereocenters. The fourth-order valence-corrected chi connectivity index (χ4v) is 3.21. The first-order valence-corrected chi connectivity index (χ1v) is 7.50. The van der Waals surface area contributed by atoms with E-state index in [4.69, 9.17) is 0 Å². The number of hydrogen-bond acceptors (Lipinski definition) is 2. The van der Waals surface area contributed by atoms with Gasteiger partial charge in [0.05, 0.1) is 6.20 Å². The number of nitrogens with zero attached hydrogens (tertiary/aromatic N) is 2. The summed E-state index contributed by atoms with van der Waals surface area (Å²) in [5.74, 6) is 0.854. The smallest absolute Gasteiger partial charge is 0.0522 e. The van der Waals surface area contributed by atoms with Crippen LogP contribution in [0.4, 0.5) is 0 Å². The van der Waals surface area contributed by atoms with E-state index in [1.54, 1.807) is 0 Å². The topological polar surface area (TPSA) is 29.9 Å². The van der Waals surface area contributed by atoms with Crippen LogP contribution in [0.2, 0.25) is 0 Å². The van der Waals surface area contributed by atoms with Gasteiger partial charge in [0, 0.05) is 19.3 Å². The van der Waals surface area contributed by atoms with Crippen LogP contribution in [-0.2, 0) is 13.5 Å². The molecule has 2 rings (SSSR count). The van der Waals surface area contributed by atoms with Crippen molar-refractivity contribution in [1.82, 2.24) is 15.1 Å². The SMILES string of the molecule is CCNC(Cc1cnn(C)c1)C1CCCCCC1. The molecule has 1 aromatic heterocycles. The molecule has 1 N–H and O–H groups in total. The van der Waals surface area contributed by atoms with Gasteiger partial charge in [0.1, 0.15) is 0 Å². The van der Waals surface area contributed by atoms with Crippen molar-refractivity contribution < 1.29 is 0 Å². The van der Waals surface area contributed by atoms with E-state index in [1.807, 2.05) is 17.9 Å². The normalized spacial score (nSPS) is 19.7. The molecule has 1 fully saturated rings. The van der Waals surface area contributed by atoms with Crippen LogP contribution in [0.15, 0.2) is 12.4 Å². The van der Waals surface area contributed by atoms with E-state index < -0.39 is 0 Å². The zero-order valence-corrected chi connectivity index (χ0v) is 11.9. The highest BCUT2D eigenvalue weighted by molar-refractivity contribution is 5.06. The molecule has 1 aliphatic rings. The molecule has 1 aromatic rings. The van der Waals surface area contributed by atoms with Gasteiger partial charge in [-0.05, 0) is 37.3 Å². The lowest BCUT2D eigenvalue weighted by atomic mass is 9.88. The summed E-state index contributed by atoms with van der Waals surface area (Å²) in [5.41, 5.74) is 1.37. The van der Waals surface area contributed by atoms with E-state index in [0.29, 0.717) is 6.04 Å². The van der Waals surface area contributed by atoms with Gasteiger partial charge >= 0.3 is 0 Å². The number of hydrogen-bond donors (Lipinski definition) is 1. The van der Waals surface area contributed by atoms with E-state index in [1.165, 1.54) is 44.1 Å². The molecule has 0 bridgehead atoms. The molecule has 18 heavy (non-hydrogen) atoms. The third-order valence-corrected chi connectivity index (χ3v) is 4.15. The van der Waals surface area contributed by atoms with E-state index in [0.717, 1.165) is 18.9 Å². The van der Waals surface area contributed by atoms with Crippen molar-refractivity contribution in [2.24, 2.45) is 13.0 Å². The van der Waals surface area contributed by atoms with Gasteiger partial charge in [0.2, 0.25) is 0 Å².